The van der Waals surface area contributed by atoms with Crippen LogP contribution in [0.1, 0.15) is 53.9 Å². The zero-order valence-corrected chi connectivity index (χ0v) is 14.5. The minimum absolute atomic E-state index is 0.271. The van der Waals surface area contributed by atoms with E-state index in [2.05, 4.69) is 49.7 Å². The quantitative estimate of drug-likeness (QED) is 0.691. The largest absolute Gasteiger partial charge is 0.312 e. The van der Waals surface area contributed by atoms with Gasteiger partial charge in [-0.2, -0.15) is 0 Å². The minimum atomic E-state index is 0.271. The number of rotatable bonds is 8. The molecule has 0 spiro atoms. The van der Waals surface area contributed by atoms with Gasteiger partial charge in [-0.3, -0.25) is 0 Å². The van der Waals surface area contributed by atoms with Crippen molar-refractivity contribution in [3.63, 3.8) is 0 Å². The van der Waals surface area contributed by atoms with Crippen LogP contribution in [-0.2, 0) is 0 Å². The summed E-state index contributed by atoms with van der Waals surface area (Å²) in [6, 6.07) is 0. The van der Waals surface area contributed by atoms with Crippen molar-refractivity contribution in [2.45, 2.75) is 59.4 Å². The maximum atomic E-state index is 3.56. The second-order valence-corrected chi connectivity index (χ2v) is 7.77. The molecule has 0 aromatic rings. The first kappa shape index (κ1) is 17.9. The molecule has 0 aliphatic carbocycles. The van der Waals surface area contributed by atoms with Crippen LogP contribution in [0.4, 0.5) is 0 Å². The van der Waals surface area contributed by atoms with Gasteiger partial charge in [0, 0.05) is 38.3 Å². The van der Waals surface area contributed by atoms with Gasteiger partial charge < -0.3 is 15.1 Å². The predicted octanol–water partition coefficient (Wildman–Crippen LogP) is 2.82. The van der Waals surface area contributed by atoms with Gasteiger partial charge >= 0.3 is 0 Å². The van der Waals surface area contributed by atoms with Crippen molar-refractivity contribution < 1.29 is 0 Å². The number of hydrogen-bond acceptors (Lipinski definition) is 3. The maximum Gasteiger partial charge on any atom is 0.0110 e. The van der Waals surface area contributed by atoms with E-state index in [0.29, 0.717) is 0 Å². The lowest BCUT2D eigenvalue weighted by Gasteiger charge is -2.35. The third kappa shape index (κ3) is 8.93. The van der Waals surface area contributed by atoms with Crippen LogP contribution in [0.2, 0.25) is 0 Å². The van der Waals surface area contributed by atoms with Gasteiger partial charge in [0.15, 0.2) is 0 Å². The summed E-state index contributed by atoms with van der Waals surface area (Å²) in [6.45, 7) is 20.2. The molecule has 0 atom stereocenters. The van der Waals surface area contributed by atoms with Crippen molar-refractivity contribution >= 4 is 0 Å². The Morgan fingerprint density at radius 1 is 0.900 bits per heavy atom. The van der Waals surface area contributed by atoms with Crippen molar-refractivity contribution in [1.29, 1.82) is 0 Å². The van der Waals surface area contributed by atoms with Gasteiger partial charge in [-0.25, -0.2) is 0 Å². The van der Waals surface area contributed by atoms with E-state index in [1.165, 1.54) is 58.5 Å². The molecule has 0 radical (unpaired) electrons. The van der Waals surface area contributed by atoms with Crippen LogP contribution in [0.3, 0.4) is 0 Å². The van der Waals surface area contributed by atoms with Crippen molar-refractivity contribution in [1.82, 2.24) is 15.1 Å². The van der Waals surface area contributed by atoms with Crippen LogP contribution in [-0.4, -0.2) is 61.2 Å². The zero-order chi connectivity index (χ0) is 15.0. The second-order valence-electron chi connectivity index (χ2n) is 7.77. The number of hydrogen-bond donors (Lipinski definition) is 1. The van der Waals surface area contributed by atoms with E-state index < -0.39 is 0 Å². The number of nitrogens with zero attached hydrogens (tertiary/aromatic N) is 2. The monoisotopic (exact) mass is 283 g/mol. The topological polar surface area (TPSA) is 18.5 Å². The molecular weight excluding hydrogens is 246 g/mol. The SMILES string of the molecule is CC(C)CN1CCN(CCCCCNC(C)(C)C)CC1. The van der Waals surface area contributed by atoms with Crippen molar-refractivity contribution in [3.8, 4) is 0 Å². The highest BCUT2D eigenvalue weighted by Gasteiger charge is 2.16. The van der Waals surface area contributed by atoms with Gasteiger partial charge in [-0.05, 0) is 52.6 Å². The first-order valence-corrected chi connectivity index (χ1v) is 8.56. The molecule has 3 heteroatoms. The van der Waals surface area contributed by atoms with E-state index in [-0.39, 0.29) is 5.54 Å². The molecule has 0 amide bonds. The van der Waals surface area contributed by atoms with Crippen LogP contribution in [0, 0.1) is 5.92 Å². The van der Waals surface area contributed by atoms with E-state index in [0.717, 1.165) is 12.5 Å². The van der Waals surface area contributed by atoms with Crippen LogP contribution in [0.5, 0.6) is 0 Å². The first-order valence-electron chi connectivity index (χ1n) is 8.56. The lowest BCUT2D eigenvalue weighted by Crippen LogP contribution is -2.47. The average molecular weight is 284 g/mol. The summed E-state index contributed by atoms with van der Waals surface area (Å²) >= 11 is 0. The Morgan fingerprint density at radius 3 is 2.05 bits per heavy atom. The van der Waals surface area contributed by atoms with Gasteiger partial charge in [0.05, 0.1) is 0 Å². The maximum absolute atomic E-state index is 3.56. The van der Waals surface area contributed by atoms with Crippen LogP contribution < -0.4 is 5.32 Å². The molecular formula is C17H37N3. The predicted molar refractivity (Wildman–Crippen MR) is 89.3 cm³/mol. The lowest BCUT2D eigenvalue weighted by atomic mass is 10.1. The van der Waals surface area contributed by atoms with Gasteiger partial charge in [-0.15, -0.1) is 0 Å². The van der Waals surface area contributed by atoms with Gasteiger partial charge in [-0.1, -0.05) is 20.3 Å². The molecule has 0 aromatic heterocycles. The zero-order valence-electron chi connectivity index (χ0n) is 14.5. The van der Waals surface area contributed by atoms with Crippen molar-refractivity contribution in [2.24, 2.45) is 5.92 Å². The Bertz CT molecular complexity index is 237. The molecule has 1 N–H and O–H groups in total. The fourth-order valence-electron chi connectivity index (χ4n) is 2.81. The molecule has 120 valence electrons. The van der Waals surface area contributed by atoms with Gasteiger partial charge in [0.25, 0.3) is 0 Å². The summed E-state index contributed by atoms with van der Waals surface area (Å²) in [4.78, 5) is 5.27. The molecule has 1 saturated heterocycles. The fourth-order valence-corrected chi connectivity index (χ4v) is 2.81. The summed E-state index contributed by atoms with van der Waals surface area (Å²) in [7, 11) is 0. The molecule has 0 aromatic carbocycles. The van der Waals surface area contributed by atoms with E-state index >= 15 is 0 Å². The molecule has 1 aliphatic rings. The van der Waals surface area contributed by atoms with Crippen LogP contribution in [0.15, 0.2) is 0 Å². The third-order valence-corrected chi connectivity index (χ3v) is 3.89. The summed E-state index contributed by atoms with van der Waals surface area (Å²) in [5, 5.41) is 3.56. The van der Waals surface area contributed by atoms with E-state index in [1.54, 1.807) is 0 Å². The van der Waals surface area contributed by atoms with E-state index in [4.69, 9.17) is 0 Å². The Kier molecular flexibility index (Phi) is 8.08. The molecule has 1 aliphatic heterocycles. The smallest absolute Gasteiger partial charge is 0.0110 e. The Morgan fingerprint density at radius 2 is 1.50 bits per heavy atom. The van der Waals surface area contributed by atoms with Gasteiger partial charge in [0.2, 0.25) is 0 Å². The summed E-state index contributed by atoms with van der Waals surface area (Å²) in [6.07, 6.45) is 4.02. The molecule has 0 saturated carbocycles. The van der Waals surface area contributed by atoms with Crippen molar-refractivity contribution in [2.75, 3.05) is 45.8 Å². The molecule has 20 heavy (non-hydrogen) atoms. The van der Waals surface area contributed by atoms with Crippen molar-refractivity contribution in [3.05, 3.63) is 0 Å². The number of nitrogens with one attached hydrogen (secondary N) is 1. The number of unbranched alkanes of at least 4 members (excludes halogenated alkanes) is 2. The molecule has 1 heterocycles. The van der Waals surface area contributed by atoms with Gasteiger partial charge in [0.1, 0.15) is 0 Å². The fraction of sp³-hybridized carbons (Fsp3) is 1.00. The third-order valence-electron chi connectivity index (χ3n) is 3.89. The van der Waals surface area contributed by atoms with E-state index in [1.807, 2.05) is 0 Å². The summed E-state index contributed by atoms with van der Waals surface area (Å²) in [5.74, 6) is 0.803. The Labute approximate surface area is 127 Å². The Balaban J connectivity index is 1.96. The molecule has 1 rings (SSSR count). The minimum Gasteiger partial charge on any atom is -0.312 e. The summed E-state index contributed by atoms with van der Waals surface area (Å²) in [5.41, 5.74) is 0.271. The summed E-state index contributed by atoms with van der Waals surface area (Å²) < 4.78 is 0. The second kappa shape index (κ2) is 9.01. The average Bonchev–Trinajstić information content (AvgIpc) is 2.33. The Hall–Kier alpha value is -0.120. The highest BCUT2D eigenvalue weighted by molar-refractivity contribution is 4.73. The molecule has 3 nitrogen and oxygen atoms in total. The standard InChI is InChI=1S/C17H37N3/c1-16(2)15-20-13-11-19(12-14-20)10-8-6-7-9-18-17(3,4)5/h16,18H,6-15H2,1-5H3. The lowest BCUT2D eigenvalue weighted by molar-refractivity contribution is 0.121. The van der Waals surface area contributed by atoms with Crippen LogP contribution >= 0.6 is 0 Å². The normalized spacial score (nSPS) is 18.9. The van der Waals surface area contributed by atoms with Crippen LogP contribution in [0.25, 0.3) is 0 Å². The number of piperazine rings is 1. The highest BCUT2D eigenvalue weighted by atomic mass is 15.3. The molecule has 0 unspecified atom stereocenters. The molecule has 1 fully saturated rings. The first-order chi connectivity index (χ1) is 9.37. The van der Waals surface area contributed by atoms with E-state index in [9.17, 15) is 0 Å². The highest BCUT2D eigenvalue weighted by Crippen LogP contribution is 2.07. The molecule has 0 bridgehead atoms.